The highest BCUT2D eigenvalue weighted by atomic mass is 14.7. The van der Waals surface area contributed by atoms with Gasteiger partial charge in [-0.15, -0.1) is 0 Å². The van der Waals surface area contributed by atoms with Gasteiger partial charge in [0.05, 0.1) is 18.3 Å². The zero-order chi connectivity index (χ0) is 16.2. The van der Waals surface area contributed by atoms with Crippen molar-refractivity contribution in [3.63, 3.8) is 0 Å². The molecule has 0 fully saturated rings. The highest BCUT2D eigenvalue weighted by Gasteiger charge is 2.10. The van der Waals surface area contributed by atoms with E-state index < -0.39 is 0 Å². The van der Waals surface area contributed by atoms with Crippen molar-refractivity contribution in [2.75, 3.05) is 0 Å². The third kappa shape index (κ3) is 2.81. The Bertz CT molecular complexity index is 945. The van der Waals surface area contributed by atoms with Gasteiger partial charge in [0.1, 0.15) is 0 Å². The minimum absolute atomic E-state index is 0.448. The van der Waals surface area contributed by atoms with Crippen LogP contribution in [0.2, 0.25) is 0 Å². The van der Waals surface area contributed by atoms with Crippen molar-refractivity contribution in [2.24, 2.45) is 0 Å². The smallest absolute Gasteiger partial charge is 0.197 e. The van der Waals surface area contributed by atoms with E-state index in [0.29, 0.717) is 11.3 Å². The lowest BCUT2D eigenvalue weighted by Gasteiger charge is -2.09. The zero-order valence-corrected chi connectivity index (χ0v) is 12.6. The average molecular weight is 295 g/mol. The van der Waals surface area contributed by atoms with Crippen molar-refractivity contribution in [2.45, 2.75) is 6.92 Å². The molecule has 0 aliphatic rings. The molecule has 0 atom stereocenters. The molecule has 3 aromatic rings. The van der Waals surface area contributed by atoms with E-state index in [2.05, 4.69) is 28.0 Å². The molecule has 0 amide bonds. The molecule has 0 unspecified atom stereocenters. The lowest BCUT2D eigenvalue weighted by molar-refractivity contribution is 1.29. The summed E-state index contributed by atoms with van der Waals surface area (Å²) in [6.07, 6.45) is 1.84. The number of rotatable bonds is 2. The predicted octanol–water partition coefficient (Wildman–Crippen LogP) is 5.15. The maximum absolute atomic E-state index is 8.96. The fraction of sp³-hybridized carbons (Fsp3) is 0.0500. The van der Waals surface area contributed by atoms with Crippen molar-refractivity contribution in [3.8, 4) is 28.5 Å². The van der Waals surface area contributed by atoms with E-state index in [9.17, 15) is 0 Å². The van der Waals surface area contributed by atoms with Gasteiger partial charge < -0.3 is 0 Å². The first-order valence-corrected chi connectivity index (χ1v) is 7.17. The molecule has 3 nitrogen and oxygen atoms in total. The summed E-state index contributed by atoms with van der Waals surface area (Å²) < 4.78 is 0. The quantitative estimate of drug-likeness (QED) is 0.614. The predicted molar refractivity (Wildman–Crippen MR) is 90.8 cm³/mol. The van der Waals surface area contributed by atoms with Crippen LogP contribution in [0, 0.1) is 24.8 Å². The van der Waals surface area contributed by atoms with Crippen LogP contribution in [0.15, 0.2) is 60.8 Å². The first kappa shape index (κ1) is 14.5. The van der Waals surface area contributed by atoms with Gasteiger partial charge in [0, 0.05) is 22.9 Å². The Morgan fingerprint density at radius 1 is 1.04 bits per heavy atom. The highest BCUT2D eigenvalue weighted by molar-refractivity contribution is 5.79. The van der Waals surface area contributed by atoms with E-state index in [1.54, 1.807) is 18.2 Å². The van der Waals surface area contributed by atoms with Crippen LogP contribution in [0.1, 0.15) is 11.1 Å². The number of nitrogens with zero attached hydrogens (tertiary/aromatic N) is 3. The van der Waals surface area contributed by atoms with Crippen molar-refractivity contribution < 1.29 is 0 Å². The van der Waals surface area contributed by atoms with E-state index >= 15 is 0 Å². The molecule has 2 aromatic carbocycles. The van der Waals surface area contributed by atoms with Gasteiger partial charge in [-0.2, -0.15) is 5.26 Å². The van der Waals surface area contributed by atoms with Crippen LogP contribution in [-0.4, -0.2) is 4.98 Å². The summed E-state index contributed by atoms with van der Waals surface area (Å²) in [7, 11) is 0. The second kappa shape index (κ2) is 6.13. The number of nitriles is 1. The Hall–Kier alpha value is -3.43. The number of aromatic nitrogens is 1. The number of hydrogen-bond donors (Lipinski definition) is 0. The summed E-state index contributed by atoms with van der Waals surface area (Å²) in [6.45, 7) is 9.36. The summed E-state index contributed by atoms with van der Waals surface area (Å²) in [6, 6.07) is 19.2. The van der Waals surface area contributed by atoms with Crippen LogP contribution in [0.5, 0.6) is 0 Å². The summed E-state index contributed by atoms with van der Waals surface area (Å²) in [5, 5.41) is 8.96. The van der Waals surface area contributed by atoms with Crippen molar-refractivity contribution >= 4 is 5.69 Å². The monoisotopic (exact) mass is 295 g/mol. The lowest BCUT2D eigenvalue weighted by atomic mass is 9.99. The maximum atomic E-state index is 8.96. The van der Waals surface area contributed by atoms with Crippen molar-refractivity contribution in [1.29, 1.82) is 5.26 Å². The molecule has 3 rings (SSSR count). The minimum Gasteiger partial charge on any atom is -0.257 e. The van der Waals surface area contributed by atoms with Crippen LogP contribution in [0.25, 0.3) is 27.2 Å². The summed E-state index contributed by atoms with van der Waals surface area (Å²) in [5.74, 6) is 0. The van der Waals surface area contributed by atoms with E-state index in [-0.39, 0.29) is 0 Å². The highest BCUT2D eigenvalue weighted by Crippen LogP contribution is 2.32. The molecule has 0 N–H and O–H groups in total. The van der Waals surface area contributed by atoms with E-state index in [0.717, 1.165) is 27.9 Å². The first-order chi connectivity index (χ1) is 11.2. The fourth-order valence-electron chi connectivity index (χ4n) is 2.53. The maximum Gasteiger partial charge on any atom is 0.197 e. The molecule has 108 valence electrons. The SMILES string of the molecule is [C-]#[N+]c1cc(C#N)ccc1-c1cc(C)c(-c2ccccc2)cn1. The summed E-state index contributed by atoms with van der Waals surface area (Å²) >= 11 is 0. The number of aryl methyl sites for hydroxylation is 1. The molecule has 1 aromatic heterocycles. The normalized spacial score (nSPS) is 9.87. The molecule has 23 heavy (non-hydrogen) atoms. The molecule has 0 spiro atoms. The second-order valence-electron chi connectivity index (χ2n) is 5.21. The molecule has 0 radical (unpaired) electrons. The van der Waals surface area contributed by atoms with E-state index in [1.807, 2.05) is 37.4 Å². The summed E-state index contributed by atoms with van der Waals surface area (Å²) in [5.41, 5.74) is 5.73. The van der Waals surface area contributed by atoms with Gasteiger partial charge in [-0.25, -0.2) is 4.85 Å². The first-order valence-electron chi connectivity index (χ1n) is 7.17. The second-order valence-corrected chi connectivity index (χ2v) is 5.21. The Balaban J connectivity index is 2.09. The van der Waals surface area contributed by atoms with Gasteiger partial charge >= 0.3 is 0 Å². The Morgan fingerprint density at radius 2 is 1.83 bits per heavy atom. The standard InChI is InChI=1S/C20H13N3/c1-14-10-20(17-9-8-15(12-21)11-19(17)22-2)23-13-18(14)16-6-4-3-5-7-16/h3-11,13H,1H3. The molecule has 3 heteroatoms. The minimum atomic E-state index is 0.448. The molecular formula is C20H13N3. The number of pyridine rings is 1. The topological polar surface area (TPSA) is 41.0 Å². The Labute approximate surface area is 135 Å². The number of hydrogen-bond acceptors (Lipinski definition) is 2. The molecule has 0 aliphatic heterocycles. The van der Waals surface area contributed by atoms with Gasteiger partial charge in [-0.3, -0.25) is 4.98 Å². The Kier molecular flexibility index (Phi) is 3.87. The third-order valence-electron chi connectivity index (χ3n) is 3.72. The molecule has 1 heterocycles. The summed E-state index contributed by atoms with van der Waals surface area (Å²) in [4.78, 5) is 8.05. The van der Waals surface area contributed by atoms with Crippen LogP contribution >= 0.6 is 0 Å². The molecular weight excluding hydrogens is 282 g/mol. The van der Waals surface area contributed by atoms with Crippen LogP contribution < -0.4 is 0 Å². The fourth-order valence-corrected chi connectivity index (χ4v) is 2.53. The van der Waals surface area contributed by atoms with E-state index in [4.69, 9.17) is 11.8 Å². The molecule has 0 saturated heterocycles. The zero-order valence-electron chi connectivity index (χ0n) is 12.6. The average Bonchev–Trinajstić information content (AvgIpc) is 2.61. The van der Waals surface area contributed by atoms with Crippen molar-refractivity contribution in [3.05, 3.63) is 83.3 Å². The van der Waals surface area contributed by atoms with E-state index in [1.165, 1.54) is 0 Å². The third-order valence-corrected chi connectivity index (χ3v) is 3.72. The largest absolute Gasteiger partial charge is 0.257 e. The van der Waals surface area contributed by atoms with Gasteiger partial charge in [0.15, 0.2) is 5.69 Å². The van der Waals surface area contributed by atoms with Crippen LogP contribution in [0.4, 0.5) is 5.69 Å². The Morgan fingerprint density at radius 3 is 2.48 bits per heavy atom. The van der Waals surface area contributed by atoms with Gasteiger partial charge in [-0.05, 0) is 36.2 Å². The lowest BCUT2D eigenvalue weighted by Crippen LogP contribution is -1.90. The van der Waals surface area contributed by atoms with Crippen LogP contribution in [-0.2, 0) is 0 Å². The van der Waals surface area contributed by atoms with Gasteiger partial charge in [-0.1, -0.05) is 36.4 Å². The van der Waals surface area contributed by atoms with Crippen LogP contribution in [0.3, 0.4) is 0 Å². The van der Waals surface area contributed by atoms with Gasteiger partial charge in [0.25, 0.3) is 0 Å². The number of benzene rings is 2. The van der Waals surface area contributed by atoms with Gasteiger partial charge in [0.2, 0.25) is 0 Å². The van der Waals surface area contributed by atoms with Crippen molar-refractivity contribution in [1.82, 2.24) is 4.98 Å². The molecule has 0 saturated carbocycles. The molecule has 0 aliphatic carbocycles. The molecule has 0 bridgehead atoms.